The fraction of sp³-hybridized carbons (Fsp3) is 0.714. The number of rotatable bonds is 5. The third-order valence-corrected chi connectivity index (χ3v) is 4.81. The topological polar surface area (TPSA) is 84.0 Å². The van der Waals surface area contributed by atoms with Gasteiger partial charge >= 0.3 is 0 Å². The molecule has 1 aromatic rings. The van der Waals surface area contributed by atoms with E-state index in [4.69, 9.17) is 0 Å². The van der Waals surface area contributed by atoms with Crippen LogP contribution in [0.2, 0.25) is 0 Å². The second-order valence-corrected chi connectivity index (χ2v) is 7.89. The zero-order valence-corrected chi connectivity index (χ0v) is 13.1. The van der Waals surface area contributed by atoms with Gasteiger partial charge in [-0.25, -0.2) is 23.1 Å². The highest BCUT2D eigenvalue weighted by Crippen LogP contribution is 2.38. The standard InChI is InChI=1S/C14H22N4O2S/c1-21(19,20)18-12-5-3-2-4-11(12)16-13-8-9-15-14(17-13)10-6-7-10/h8-12,18H,2-7H2,1H3,(H,15,16,17)/t11-,12+/m0/s1. The van der Waals surface area contributed by atoms with Crippen molar-refractivity contribution in [2.75, 3.05) is 11.6 Å². The SMILES string of the molecule is CS(=O)(=O)N[C@@H]1CCCC[C@@H]1Nc1ccnc(C2CC2)n1. The van der Waals surface area contributed by atoms with Gasteiger partial charge in [-0.15, -0.1) is 0 Å². The van der Waals surface area contributed by atoms with Crippen LogP contribution in [0, 0.1) is 0 Å². The van der Waals surface area contributed by atoms with Gasteiger partial charge in [-0.3, -0.25) is 0 Å². The minimum absolute atomic E-state index is 0.0620. The molecule has 2 fully saturated rings. The summed E-state index contributed by atoms with van der Waals surface area (Å²) in [4.78, 5) is 8.87. The molecule has 0 aliphatic heterocycles. The fourth-order valence-corrected chi connectivity index (χ4v) is 3.73. The quantitative estimate of drug-likeness (QED) is 0.863. The number of aromatic nitrogens is 2. The zero-order chi connectivity index (χ0) is 14.9. The van der Waals surface area contributed by atoms with Gasteiger partial charge in [0.1, 0.15) is 11.6 Å². The second-order valence-electron chi connectivity index (χ2n) is 6.11. The second kappa shape index (κ2) is 5.88. The largest absolute Gasteiger partial charge is 0.366 e. The predicted molar refractivity (Wildman–Crippen MR) is 81.7 cm³/mol. The molecule has 3 rings (SSSR count). The van der Waals surface area contributed by atoms with E-state index in [0.29, 0.717) is 5.92 Å². The third-order valence-electron chi connectivity index (χ3n) is 4.08. The summed E-state index contributed by atoms with van der Waals surface area (Å²) < 4.78 is 25.7. The van der Waals surface area contributed by atoms with Crippen LogP contribution < -0.4 is 10.0 Å². The zero-order valence-electron chi connectivity index (χ0n) is 12.2. The van der Waals surface area contributed by atoms with E-state index >= 15 is 0 Å². The van der Waals surface area contributed by atoms with E-state index in [1.54, 1.807) is 6.20 Å². The highest BCUT2D eigenvalue weighted by atomic mass is 32.2. The lowest BCUT2D eigenvalue weighted by atomic mass is 9.91. The molecular weight excluding hydrogens is 288 g/mol. The highest BCUT2D eigenvalue weighted by Gasteiger charge is 2.29. The summed E-state index contributed by atoms with van der Waals surface area (Å²) in [7, 11) is -3.18. The molecule has 1 aromatic heterocycles. The first kappa shape index (κ1) is 14.7. The van der Waals surface area contributed by atoms with Gasteiger partial charge in [0.05, 0.1) is 6.26 Å². The van der Waals surface area contributed by atoms with E-state index in [1.807, 2.05) is 6.07 Å². The Morgan fingerprint density at radius 2 is 1.86 bits per heavy atom. The van der Waals surface area contributed by atoms with Crippen molar-refractivity contribution < 1.29 is 8.42 Å². The van der Waals surface area contributed by atoms with E-state index in [9.17, 15) is 8.42 Å². The molecule has 2 saturated carbocycles. The third kappa shape index (κ3) is 4.14. The summed E-state index contributed by atoms with van der Waals surface area (Å²) in [5, 5.41) is 3.40. The maximum absolute atomic E-state index is 11.5. The molecule has 0 aromatic carbocycles. The van der Waals surface area contributed by atoms with Gasteiger partial charge in [-0.05, 0) is 31.7 Å². The van der Waals surface area contributed by atoms with Crippen LogP contribution in [-0.2, 0) is 10.0 Å². The Hall–Kier alpha value is -1.21. The summed E-state index contributed by atoms with van der Waals surface area (Å²) in [6.07, 6.45) is 9.33. The van der Waals surface area contributed by atoms with Crippen LogP contribution in [0.25, 0.3) is 0 Å². The van der Waals surface area contributed by atoms with Gasteiger partial charge < -0.3 is 5.32 Å². The van der Waals surface area contributed by atoms with Crippen molar-refractivity contribution in [1.29, 1.82) is 0 Å². The smallest absolute Gasteiger partial charge is 0.209 e. The van der Waals surface area contributed by atoms with E-state index in [-0.39, 0.29) is 12.1 Å². The lowest BCUT2D eigenvalue weighted by Crippen LogP contribution is -2.48. The van der Waals surface area contributed by atoms with Crippen molar-refractivity contribution in [2.45, 2.75) is 56.5 Å². The Bertz CT molecular complexity index is 601. The molecule has 7 heteroatoms. The van der Waals surface area contributed by atoms with Crippen molar-refractivity contribution in [3.05, 3.63) is 18.1 Å². The summed E-state index contributed by atoms with van der Waals surface area (Å²) in [5.41, 5.74) is 0. The van der Waals surface area contributed by atoms with E-state index in [2.05, 4.69) is 20.0 Å². The van der Waals surface area contributed by atoms with Gasteiger partial charge in [0.2, 0.25) is 10.0 Å². The molecule has 0 bridgehead atoms. The Morgan fingerprint density at radius 3 is 2.52 bits per heavy atom. The number of hydrogen-bond donors (Lipinski definition) is 2. The van der Waals surface area contributed by atoms with Gasteiger partial charge in [-0.1, -0.05) is 12.8 Å². The first-order valence-electron chi connectivity index (χ1n) is 7.58. The van der Waals surface area contributed by atoms with E-state index in [1.165, 1.54) is 19.1 Å². The minimum atomic E-state index is -3.18. The van der Waals surface area contributed by atoms with Crippen LogP contribution in [0.3, 0.4) is 0 Å². The van der Waals surface area contributed by atoms with Gasteiger partial charge in [0.15, 0.2) is 0 Å². The average molecular weight is 310 g/mol. The van der Waals surface area contributed by atoms with Gasteiger partial charge in [0.25, 0.3) is 0 Å². The maximum Gasteiger partial charge on any atom is 0.209 e. The normalized spacial score (nSPS) is 26.5. The molecule has 0 unspecified atom stereocenters. The van der Waals surface area contributed by atoms with Crippen LogP contribution in [0.4, 0.5) is 5.82 Å². The lowest BCUT2D eigenvalue weighted by Gasteiger charge is -2.32. The summed E-state index contributed by atoms with van der Waals surface area (Å²) in [6.45, 7) is 0. The molecule has 21 heavy (non-hydrogen) atoms. The average Bonchev–Trinajstić information content (AvgIpc) is 3.24. The molecule has 0 saturated heterocycles. The Morgan fingerprint density at radius 1 is 1.14 bits per heavy atom. The summed E-state index contributed by atoms with van der Waals surface area (Å²) in [6, 6.07) is 1.89. The highest BCUT2D eigenvalue weighted by molar-refractivity contribution is 7.88. The van der Waals surface area contributed by atoms with Gasteiger partial charge in [-0.2, -0.15) is 0 Å². The minimum Gasteiger partial charge on any atom is -0.366 e. The number of sulfonamides is 1. The lowest BCUT2D eigenvalue weighted by molar-refractivity contribution is 0.378. The van der Waals surface area contributed by atoms with E-state index < -0.39 is 10.0 Å². The molecule has 2 atom stereocenters. The molecule has 2 aliphatic rings. The Balaban J connectivity index is 1.70. The van der Waals surface area contributed by atoms with Crippen molar-refractivity contribution in [3.63, 3.8) is 0 Å². The monoisotopic (exact) mass is 310 g/mol. The van der Waals surface area contributed by atoms with Crippen molar-refractivity contribution >= 4 is 15.8 Å². The fourth-order valence-electron chi connectivity index (χ4n) is 2.90. The number of nitrogens with one attached hydrogen (secondary N) is 2. The molecule has 0 radical (unpaired) electrons. The first-order valence-corrected chi connectivity index (χ1v) is 9.47. The predicted octanol–water partition coefficient (Wildman–Crippen LogP) is 1.63. The molecule has 2 aliphatic carbocycles. The van der Waals surface area contributed by atoms with Crippen molar-refractivity contribution in [1.82, 2.24) is 14.7 Å². The summed E-state index contributed by atoms with van der Waals surface area (Å²) in [5.74, 6) is 2.23. The first-order chi connectivity index (χ1) is 10.0. The van der Waals surface area contributed by atoms with Crippen LogP contribution in [0.5, 0.6) is 0 Å². The Kier molecular flexibility index (Phi) is 4.12. The number of hydrogen-bond acceptors (Lipinski definition) is 5. The Labute approximate surface area is 125 Å². The van der Waals surface area contributed by atoms with Crippen LogP contribution in [-0.4, -0.2) is 36.7 Å². The van der Waals surface area contributed by atoms with Crippen LogP contribution in [0.1, 0.15) is 50.3 Å². The maximum atomic E-state index is 11.5. The molecule has 2 N–H and O–H groups in total. The molecule has 0 spiro atoms. The number of anilines is 1. The van der Waals surface area contributed by atoms with Crippen LogP contribution >= 0.6 is 0 Å². The van der Waals surface area contributed by atoms with Crippen molar-refractivity contribution in [3.8, 4) is 0 Å². The van der Waals surface area contributed by atoms with E-state index in [0.717, 1.165) is 37.3 Å². The van der Waals surface area contributed by atoms with Gasteiger partial charge in [0, 0.05) is 24.2 Å². The summed E-state index contributed by atoms with van der Waals surface area (Å²) >= 11 is 0. The van der Waals surface area contributed by atoms with Crippen LogP contribution in [0.15, 0.2) is 12.3 Å². The molecule has 1 heterocycles. The number of nitrogens with zero attached hydrogens (tertiary/aromatic N) is 2. The molecule has 116 valence electrons. The molecule has 6 nitrogen and oxygen atoms in total. The molecule has 0 amide bonds. The van der Waals surface area contributed by atoms with Crippen molar-refractivity contribution in [2.24, 2.45) is 0 Å². The molecular formula is C14H22N4O2S.